The van der Waals surface area contributed by atoms with E-state index in [0.717, 1.165) is 11.3 Å². The topological polar surface area (TPSA) is 41.1 Å². The quantitative estimate of drug-likeness (QED) is 0.758. The van der Waals surface area contributed by atoms with E-state index in [1.807, 2.05) is 20.9 Å². The van der Waals surface area contributed by atoms with Gasteiger partial charge in [-0.25, -0.2) is 0 Å². The number of hydrogen-bond acceptors (Lipinski definition) is 3. The Balaban J connectivity index is 2.48. The van der Waals surface area contributed by atoms with Crippen molar-refractivity contribution in [3.8, 4) is 0 Å². The molecule has 1 aromatic rings. The minimum atomic E-state index is -0.121. The summed E-state index contributed by atoms with van der Waals surface area (Å²) in [6.07, 6.45) is 0.931. The van der Waals surface area contributed by atoms with Gasteiger partial charge in [0.25, 0.3) is 0 Å². The number of amides is 1. The summed E-state index contributed by atoms with van der Waals surface area (Å²) in [6.45, 7) is 8.30. The largest absolute Gasteiger partial charge is 0.351 e. The van der Waals surface area contributed by atoms with Crippen molar-refractivity contribution in [3.05, 3.63) is 29.8 Å². The van der Waals surface area contributed by atoms with Gasteiger partial charge in [-0.1, -0.05) is 19.1 Å². The SMILES string of the molecule is CCC(C)(C)NC(=O)CSc1ccc(C(C)NC)cc1. The van der Waals surface area contributed by atoms with Gasteiger partial charge in [0.05, 0.1) is 5.75 Å². The summed E-state index contributed by atoms with van der Waals surface area (Å²) in [6, 6.07) is 8.72. The molecule has 1 atom stereocenters. The van der Waals surface area contributed by atoms with Crippen molar-refractivity contribution < 1.29 is 4.79 Å². The Morgan fingerprint density at radius 1 is 1.30 bits per heavy atom. The summed E-state index contributed by atoms with van der Waals surface area (Å²) in [5.41, 5.74) is 1.14. The van der Waals surface area contributed by atoms with Gasteiger partial charge in [0.1, 0.15) is 0 Å². The summed E-state index contributed by atoms with van der Waals surface area (Å²) in [5, 5.41) is 6.26. The number of hydrogen-bond donors (Lipinski definition) is 2. The summed E-state index contributed by atoms with van der Waals surface area (Å²) in [4.78, 5) is 13.0. The van der Waals surface area contributed by atoms with Crippen molar-refractivity contribution in [2.24, 2.45) is 0 Å². The van der Waals surface area contributed by atoms with Gasteiger partial charge in [0.15, 0.2) is 0 Å². The van der Waals surface area contributed by atoms with Crippen LogP contribution >= 0.6 is 11.8 Å². The highest BCUT2D eigenvalue weighted by Crippen LogP contribution is 2.21. The molecular formula is C16H26N2OS. The molecule has 0 bridgehead atoms. The summed E-state index contributed by atoms with van der Waals surface area (Å²) < 4.78 is 0. The number of benzene rings is 1. The molecule has 2 N–H and O–H groups in total. The lowest BCUT2D eigenvalue weighted by Gasteiger charge is -2.24. The Morgan fingerprint density at radius 3 is 2.40 bits per heavy atom. The monoisotopic (exact) mass is 294 g/mol. The fraction of sp³-hybridized carbons (Fsp3) is 0.562. The maximum Gasteiger partial charge on any atom is 0.230 e. The van der Waals surface area contributed by atoms with Crippen LogP contribution in [0.25, 0.3) is 0 Å². The molecule has 1 unspecified atom stereocenters. The zero-order valence-electron chi connectivity index (χ0n) is 13.1. The Kier molecular flexibility index (Phi) is 6.56. The minimum Gasteiger partial charge on any atom is -0.351 e. The van der Waals surface area contributed by atoms with Gasteiger partial charge in [0.2, 0.25) is 5.91 Å². The van der Waals surface area contributed by atoms with Crippen LogP contribution in [-0.2, 0) is 4.79 Å². The van der Waals surface area contributed by atoms with Crippen LogP contribution in [0.5, 0.6) is 0 Å². The molecule has 0 saturated carbocycles. The molecule has 0 aliphatic rings. The molecule has 0 saturated heterocycles. The summed E-state index contributed by atoms with van der Waals surface area (Å²) in [5.74, 6) is 0.555. The van der Waals surface area contributed by atoms with E-state index in [1.165, 1.54) is 5.56 Å². The van der Waals surface area contributed by atoms with Crippen LogP contribution < -0.4 is 10.6 Å². The van der Waals surface area contributed by atoms with Crippen LogP contribution in [0.3, 0.4) is 0 Å². The van der Waals surface area contributed by atoms with Gasteiger partial charge >= 0.3 is 0 Å². The summed E-state index contributed by atoms with van der Waals surface area (Å²) >= 11 is 1.58. The predicted molar refractivity (Wildman–Crippen MR) is 87.2 cm³/mol. The Hall–Kier alpha value is -1.00. The predicted octanol–water partition coefficient (Wildman–Crippen LogP) is 3.36. The van der Waals surface area contributed by atoms with Gasteiger partial charge < -0.3 is 10.6 Å². The van der Waals surface area contributed by atoms with E-state index < -0.39 is 0 Å². The fourth-order valence-corrected chi connectivity index (χ4v) is 2.37. The summed E-state index contributed by atoms with van der Waals surface area (Å²) in [7, 11) is 1.95. The first-order valence-electron chi connectivity index (χ1n) is 7.09. The Labute approximate surface area is 126 Å². The number of carbonyl (C=O) groups is 1. The maximum atomic E-state index is 11.9. The third-order valence-corrected chi connectivity index (χ3v) is 4.56. The fourth-order valence-electron chi connectivity index (χ4n) is 1.67. The molecule has 0 aliphatic heterocycles. The number of rotatable bonds is 7. The third-order valence-electron chi connectivity index (χ3n) is 3.54. The van der Waals surface area contributed by atoms with Crippen molar-refractivity contribution in [3.63, 3.8) is 0 Å². The molecule has 112 valence electrons. The normalized spacial score (nSPS) is 13.1. The van der Waals surface area contributed by atoms with Gasteiger partial charge in [-0.2, -0.15) is 0 Å². The number of nitrogens with one attached hydrogen (secondary N) is 2. The maximum absolute atomic E-state index is 11.9. The van der Waals surface area contributed by atoms with Crippen LogP contribution in [0.2, 0.25) is 0 Å². The van der Waals surface area contributed by atoms with E-state index in [2.05, 4.69) is 48.7 Å². The Morgan fingerprint density at radius 2 is 1.90 bits per heavy atom. The average Bonchev–Trinajstić information content (AvgIpc) is 2.44. The van der Waals surface area contributed by atoms with Crippen LogP contribution in [0, 0.1) is 0 Å². The van der Waals surface area contributed by atoms with E-state index in [-0.39, 0.29) is 11.4 Å². The molecule has 20 heavy (non-hydrogen) atoms. The van der Waals surface area contributed by atoms with Crippen molar-refractivity contribution in [1.29, 1.82) is 0 Å². The van der Waals surface area contributed by atoms with Crippen LogP contribution in [0.4, 0.5) is 0 Å². The molecule has 0 heterocycles. The molecule has 1 amide bonds. The molecule has 0 aromatic heterocycles. The van der Waals surface area contributed by atoms with E-state index in [9.17, 15) is 4.79 Å². The van der Waals surface area contributed by atoms with Crippen molar-refractivity contribution in [2.45, 2.75) is 50.6 Å². The van der Waals surface area contributed by atoms with Gasteiger partial charge in [-0.3, -0.25) is 4.79 Å². The lowest BCUT2D eigenvalue weighted by atomic mass is 10.0. The third kappa shape index (κ3) is 5.55. The van der Waals surface area contributed by atoms with Crippen molar-refractivity contribution >= 4 is 17.7 Å². The first-order valence-corrected chi connectivity index (χ1v) is 8.07. The molecule has 0 spiro atoms. The molecular weight excluding hydrogens is 268 g/mol. The highest BCUT2D eigenvalue weighted by molar-refractivity contribution is 8.00. The highest BCUT2D eigenvalue weighted by Gasteiger charge is 2.17. The lowest BCUT2D eigenvalue weighted by Crippen LogP contribution is -2.43. The van der Waals surface area contributed by atoms with Gasteiger partial charge in [0, 0.05) is 16.5 Å². The second-order valence-electron chi connectivity index (χ2n) is 5.65. The zero-order chi connectivity index (χ0) is 15.2. The van der Waals surface area contributed by atoms with E-state index in [4.69, 9.17) is 0 Å². The van der Waals surface area contributed by atoms with E-state index in [0.29, 0.717) is 11.8 Å². The minimum absolute atomic E-state index is 0.0921. The average molecular weight is 294 g/mol. The zero-order valence-corrected chi connectivity index (χ0v) is 13.9. The molecule has 3 nitrogen and oxygen atoms in total. The lowest BCUT2D eigenvalue weighted by molar-refractivity contribution is -0.120. The standard InChI is InChI=1S/C16H26N2OS/c1-6-16(3,4)18-15(19)11-20-14-9-7-13(8-10-14)12(2)17-5/h7-10,12,17H,6,11H2,1-5H3,(H,18,19). The second kappa shape index (κ2) is 7.70. The van der Waals surface area contributed by atoms with Crippen LogP contribution in [-0.4, -0.2) is 24.2 Å². The van der Waals surface area contributed by atoms with Crippen molar-refractivity contribution in [2.75, 3.05) is 12.8 Å². The van der Waals surface area contributed by atoms with Gasteiger partial charge in [-0.05, 0) is 51.9 Å². The molecule has 4 heteroatoms. The molecule has 0 aliphatic carbocycles. The highest BCUT2D eigenvalue weighted by atomic mass is 32.2. The van der Waals surface area contributed by atoms with E-state index >= 15 is 0 Å². The van der Waals surface area contributed by atoms with Gasteiger partial charge in [-0.15, -0.1) is 11.8 Å². The Bertz CT molecular complexity index is 429. The molecule has 0 radical (unpaired) electrons. The van der Waals surface area contributed by atoms with Crippen LogP contribution in [0.1, 0.15) is 45.7 Å². The molecule has 0 fully saturated rings. The number of thioether (sulfide) groups is 1. The first kappa shape index (κ1) is 17.1. The first-order chi connectivity index (χ1) is 9.38. The molecule has 1 aromatic carbocycles. The molecule has 1 rings (SSSR count). The van der Waals surface area contributed by atoms with Crippen molar-refractivity contribution in [1.82, 2.24) is 10.6 Å². The second-order valence-corrected chi connectivity index (χ2v) is 6.70. The smallest absolute Gasteiger partial charge is 0.230 e. The van der Waals surface area contributed by atoms with E-state index in [1.54, 1.807) is 11.8 Å². The number of carbonyl (C=O) groups excluding carboxylic acids is 1. The van der Waals surface area contributed by atoms with Crippen LogP contribution in [0.15, 0.2) is 29.2 Å².